The van der Waals surface area contributed by atoms with E-state index in [9.17, 15) is 14.7 Å². The molecule has 0 spiro atoms. The highest BCUT2D eigenvalue weighted by Crippen LogP contribution is 2.31. The second-order valence-electron chi connectivity index (χ2n) is 13.3. The van der Waals surface area contributed by atoms with Gasteiger partial charge in [0.15, 0.2) is 5.82 Å². The molecule has 1 atom stereocenters. The largest absolute Gasteiger partial charge is 0.392 e. The van der Waals surface area contributed by atoms with Gasteiger partial charge >= 0.3 is 0 Å². The van der Waals surface area contributed by atoms with Crippen LogP contribution >= 0.6 is 0 Å². The topological polar surface area (TPSA) is 122 Å². The van der Waals surface area contributed by atoms with E-state index in [1.54, 1.807) is 48.4 Å². The summed E-state index contributed by atoms with van der Waals surface area (Å²) >= 11 is 0. The highest BCUT2D eigenvalue weighted by Gasteiger charge is 2.33. The van der Waals surface area contributed by atoms with Crippen molar-refractivity contribution < 1.29 is 14.2 Å². The van der Waals surface area contributed by atoms with Crippen molar-refractivity contribution in [2.45, 2.75) is 51.3 Å². The van der Waals surface area contributed by atoms with Crippen molar-refractivity contribution in [1.29, 1.82) is 0 Å². The summed E-state index contributed by atoms with van der Waals surface area (Å²) in [5.74, 6) is 0.233. The van der Waals surface area contributed by atoms with E-state index in [1.165, 1.54) is 9.13 Å². The smallest absolute Gasteiger partial charge is 0.283 e. The summed E-state index contributed by atoms with van der Waals surface area (Å²) in [7, 11) is 1.65. The predicted molar refractivity (Wildman–Crippen MR) is 184 cm³/mol. The number of pyridine rings is 3. The number of anilines is 3. The zero-order chi connectivity index (χ0) is 33.8. The molecule has 8 rings (SSSR count). The fourth-order valence-electron chi connectivity index (χ4n) is 7.63. The van der Waals surface area contributed by atoms with E-state index >= 15 is 4.39 Å². The molecule has 1 aliphatic carbocycles. The first-order valence-corrected chi connectivity index (χ1v) is 16.9. The van der Waals surface area contributed by atoms with E-state index in [-0.39, 0.29) is 16.9 Å². The van der Waals surface area contributed by atoms with E-state index in [0.717, 1.165) is 63.5 Å². The van der Waals surface area contributed by atoms with Crippen molar-refractivity contribution in [3.8, 4) is 16.9 Å². The number of ether oxygens (including phenoxy) is 1. The van der Waals surface area contributed by atoms with Crippen molar-refractivity contribution in [2.75, 3.05) is 43.1 Å². The van der Waals surface area contributed by atoms with Crippen molar-refractivity contribution in [3.05, 3.63) is 98.6 Å². The molecule has 0 aromatic carbocycles. The Morgan fingerprint density at radius 1 is 1.06 bits per heavy atom. The van der Waals surface area contributed by atoms with Crippen LogP contribution < -0.4 is 21.3 Å². The third-order valence-electron chi connectivity index (χ3n) is 10.3. The van der Waals surface area contributed by atoms with Crippen LogP contribution in [0.3, 0.4) is 0 Å². The van der Waals surface area contributed by atoms with E-state index in [4.69, 9.17) is 4.74 Å². The van der Waals surface area contributed by atoms with E-state index in [0.29, 0.717) is 52.3 Å². The number of fused-ring (bicyclic) bond motifs is 3. The second-order valence-corrected chi connectivity index (χ2v) is 13.3. The van der Waals surface area contributed by atoms with Gasteiger partial charge in [-0.1, -0.05) is 0 Å². The van der Waals surface area contributed by atoms with Gasteiger partial charge in [-0.05, 0) is 62.4 Å². The molecule has 0 radical (unpaired) electrons. The van der Waals surface area contributed by atoms with Crippen LogP contribution in [0.25, 0.3) is 22.5 Å². The highest BCUT2D eigenvalue weighted by atomic mass is 19.1. The summed E-state index contributed by atoms with van der Waals surface area (Å²) in [6, 6.07) is 8.22. The lowest BCUT2D eigenvalue weighted by Gasteiger charge is -2.47. The fraction of sp³-hybridized carbons (Fsp3) is 0.389. The number of rotatable bonds is 7. The molecule has 49 heavy (non-hydrogen) atoms. The number of aromatic nitrogens is 5. The molecule has 0 saturated carbocycles. The van der Waals surface area contributed by atoms with Gasteiger partial charge in [0.05, 0.1) is 37.7 Å². The van der Waals surface area contributed by atoms with Crippen molar-refractivity contribution in [1.82, 2.24) is 28.4 Å². The first kappa shape index (κ1) is 31.4. The number of aryl methyl sites for hydroxylation is 2. The van der Waals surface area contributed by atoms with Gasteiger partial charge in [0, 0.05) is 79.9 Å². The summed E-state index contributed by atoms with van der Waals surface area (Å²) in [6.07, 6.45) is 11.5. The standard InChI is InChI=1S/C36H39FN8O4/c1-22-17-42(11-12-43(22)25-20-49-21-25)24-7-8-31(39-16-24)40-29-15-23(18-41(2)35(29)47)26-9-10-38-34(28(26)19-46)45-14-13-44-30-6-4-3-5-27(30)32(37)33(44)36(45)48/h7-10,13-16,18,22,25,46H,3-6,11-12,17,19-21H2,1-2H3,(H,39,40)/t22-/m1/s1. The number of hydrogen-bond donors (Lipinski definition) is 2. The number of hydrogen-bond acceptors (Lipinski definition) is 9. The number of halogens is 1. The van der Waals surface area contributed by atoms with Gasteiger partial charge < -0.3 is 29.0 Å². The molecule has 5 aromatic rings. The van der Waals surface area contributed by atoms with Crippen LogP contribution in [0.5, 0.6) is 0 Å². The van der Waals surface area contributed by atoms with Crippen LogP contribution in [0.15, 0.2) is 64.8 Å². The molecule has 5 aromatic heterocycles. The first-order chi connectivity index (χ1) is 23.8. The molecule has 254 valence electrons. The third-order valence-corrected chi connectivity index (χ3v) is 10.3. The van der Waals surface area contributed by atoms with Gasteiger partial charge in [-0.25, -0.2) is 14.4 Å². The van der Waals surface area contributed by atoms with Gasteiger partial charge in [0.25, 0.3) is 11.1 Å². The molecule has 7 heterocycles. The lowest BCUT2D eigenvalue weighted by atomic mass is 9.98. The first-order valence-electron chi connectivity index (χ1n) is 16.9. The normalized spacial score (nSPS) is 18.4. The van der Waals surface area contributed by atoms with Crippen molar-refractivity contribution >= 4 is 22.7 Å². The molecule has 2 saturated heterocycles. The molecule has 3 aliphatic rings. The molecule has 13 heteroatoms. The summed E-state index contributed by atoms with van der Waals surface area (Å²) in [4.78, 5) is 40.9. The predicted octanol–water partition coefficient (Wildman–Crippen LogP) is 3.41. The number of aliphatic hydroxyl groups excluding tert-OH is 1. The van der Waals surface area contributed by atoms with Crippen LogP contribution in [-0.4, -0.2) is 78.4 Å². The highest BCUT2D eigenvalue weighted by molar-refractivity contribution is 5.73. The van der Waals surface area contributed by atoms with Crippen LogP contribution in [0.1, 0.15) is 36.6 Å². The third kappa shape index (κ3) is 5.42. The average Bonchev–Trinajstić information content (AvgIpc) is 3.39. The van der Waals surface area contributed by atoms with Crippen LogP contribution in [0.4, 0.5) is 21.6 Å². The molecule has 2 aliphatic heterocycles. The van der Waals surface area contributed by atoms with Gasteiger partial charge in [0.2, 0.25) is 0 Å². The minimum atomic E-state index is -0.546. The number of nitrogens with zero attached hydrogens (tertiary/aromatic N) is 7. The molecule has 0 amide bonds. The molecule has 0 unspecified atom stereocenters. The van der Waals surface area contributed by atoms with Crippen LogP contribution in [-0.2, 0) is 31.2 Å². The van der Waals surface area contributed by atoms with Crippen LogP contribution in [0, 0.1) is 5.82 Å². The molecule has 0 bridgehead atoms. The summed E-state index contributed by atoms with van der Waals surface area (Å²) < 4.78 is 25.3. The quantitative estimate of drug-likeness (QED) is 0.269. The zero-order valence-corrected chi connectivity index (χ0v) is 27.6. The lowest BCUT2D eigenvalue weighted by Crippen LogP contribution is -2.60. The number of nitrogens with one attached hydrogen (secondary N) is 1. The molecule has 2 fully saturated rings. The maximum absolute atomic E-state index is 15.5. The number of aliphatic hydroxyl groups is 1. The lowest BCUT2D eigenvalue weighted by molar-refractivity contribution is -0.0792. The Morgan fingerprint density at radius 2 is 1.90 bits per heavy atom. The zero-order valence-electron chi connectivity index (χ0n) is 27.6. The maximum atomic E-state index is 15.5. The van der Waals surface area contributed by atoms with Gasteiger partial charge in [-0.3, -0.25) is 19.1 Å². The minimum absolute atomic E-state index is 0.0156. The van der Waals surface area contributed by atoms with Gasteiger partial charge in [0.1, 0.15) is 22.8 Å². The Kier molecular flexibility index (Phi) is 8.05. The van der Waals surface area contributed by atoms with Gasteiger partial charge in [-0.15, -0.1) is 0 Å². The van der Waals surface area contributed by atoms with Gasteiger partial charge in [-0.2, -0.15) is 0 Å². The van der Waals surface area contributed by atoms with Crippen molar-refractivity contribution in [3.63, 3.8) is 0 Å². The summed E-state index contributed by atoms with van der Waals surface area (Å²) in [5.41, 5.74) is 3.52. The Balaban J connectivity index is 1.09. The second kappa shape index (κ2) is 12.6. The Bertz CT molecular complexity index is 2170. The SMILES string of the molecule is C[C@@H]1CN(c2ccc(Nc3cc(-c4ccnc(-n5ccn6c7c(c(F)c6c5=O)CCCC7)c4CO)cn(C)c3=O)nc2)CCN1C1COC1. The Hall–Kier alpha value is -4.85. The Morgan fingerprint density at radius 3 is 2.63 bits per heavy atom. The Labute approximate surface area is 282 Å². The molecular weight excluding hydrogens is 627 g/mol. The fourth-order valence-corrected chi connectivity index (χ4v) is 7.63. The number of piperazine rings is 1. The van der Waals surface area contributed by atoms with Crippen LogP contribution in [0.2, 0.25) is 0 Å². The molecular formula is C36H39FN8O4. The summed E-state index contributed by atoms with van der Waals surface area (Å²) in [5, 5.41) is 13.8. The van der Waals surface area contributed by atoms with Crippen molar-refractivity contribution in [2.24, 2.45) is 7.05 Å². The van der Waals surface area contributed by atoms with E-state index < -0.39 is 18.0 Å². The minimum Gasteiger partial charge on any atom is -0.392 e. The average molecular weight is 667 g/mol. The maximum Gasteiger partial charge on any atom is 0.283 e. The summed E-state index contributed by atoms with van der Waals surface area (Å²) in [6.45, 7) is 6.20. The monoisotopic (exact) mass is 666 g/mol. The molecule has 2 N–H and O–H groups in total. The molecule has 12 nitrogen and oxygen atoms in total. The van der Waals surface area contributed by atoms with E-state index in [2.05, 4.69) is 32.0 Å². The van der Waals surface area contributed by atoms with E-state index in [1.807, 2.05) is 18.3 Å².